The van der Waals surface area contributed by atoms with Crippen LogP contribution < -0.4 is 15.0 Å². The summed E-state index contributed by atoms with van der Waals surface area (Å²) in [7, 11) is 0. The van der Waals surface area contributed by atoms with E-state index in [1.54, 1.807) is 0 Å². The molecule has 0 saturated carbocycles. The Kier molecular flexibility index (Phi) is 6.49. The molecular weight excluding hydrogens is 468 g/mol. The molecule has 1 unspecified atom stereocenters. The summed E-state index contributed by atoms with van der Waals surface area (Å²) in [6.07, 6.45) is 0.769. The number of aromatic nitrogens is 5. The van der Waals surface area contributed by atoms with Gasteiger partial charge in [0, 0.05) is 24.2 Å². The number of pyridine rings is 1. The summed E-state index contributed by atoms with van der Waals surface area (Å²) in [5.74, 6) is 2.26. The second-order valence-corrected chi connectivity index (χ2v) is 10.8. The predicted octanol–water partition coefficient (Wildman–Crippen LogP) is 4.77. The molecule has 37 heavy (non-hydrogen) atoms. The van der Waals surface area contributed by atoms with E-state index in [2.05, 4.69) is 73.0 Å². The van der Waals surface area contributed by atoms with Crippen molar-refractivity contribution in [1.82, 2.24) is 30.1 Å². The highest BCUT2D eigenvalue weighted by molar-refractivity contribution is 5.80. The molecule has 1 aliphatic rings. The molecule has 0 bridgehead atoms. The average Bonchev–Trinajstić information content (AvgIpc) is 3.51. The van der Waals surface area contributed by atoms with Gasteiger partial charge < -0.3 is 14.5 Å². The first-order chi connectivity index (χ1) is 17.6. The number of tetrazole rings is 1. The summed E-state index contributed by atoms with van der Waals surface area (Å²) in [5.41, 5.74) is 4.58. The van der Waals surface area contributed by atoms with Crippen LogP contribution in [0.2, 0.25) is 0 Å². The van der Waals surface area contributed by atoms with Gasteiger partial charge in [-0.25, -0.2) is 4.68 Å². The third-order valence-electron chi connectivity index (χ3n) is 6.99. The van der Waals surface area contributed by atoms with Crippen molar-refractivity contribution in [1.29, 1.82) is 0 Å². The SMILES string of the molecule is CCC(c1nnnn1C(C)(C)C)N(Cc1ccc2c(c1)OCO2)Cc1cc2cc(C)c(C)cc2[nH]c1=O. The van der Waals surface area contributed by atoms with E-state index >= 15 is 0 Å². The number of benzene rings is 2. The zero-order chi connectivity index (χ0) is 26.3. The van der Waals surface area contributed by atoms with Crippen LogP contribution in [0.1, 0.15) is 68.2 Å². The van der Waals surface area contributed by atoms with Crippen LogP contribution in [-0.2, 0) is 18.6 Å². The predicted molar refractivity (Wildman–Crippen MR) is 142 cm³/mol. The van der Waals surface area contributed by atoms with Gasteiger partial charge in [-0.2, -0.15) is 0 Å². The van der Waals surface area contributed by atoms with E-state index in [4.69, 9.17) is 9.47 Å². The van der Waals surface area contributed by atoms with E-state index in [1.807, 2.05) is 35.0 Å². The lowest BCUT2D eigenvalue weighted by Crippen LogP contribution is -2.35. The van der Waals surface area contributed by atoms with E-state index in [-0.39, 0.29) is 23.9 Å². The standard InChI is InChI=1S/C28H34N6O3/c1-7-23(26-30-31-32-34(26)28(4,5)6)33(14-19-8-9-24-25(12-19)37-16-36-24)15-21-13-20-10-17(2)18(3)11-22(20)29-27(21)35/h8-13,23H,7,14-16H2,1-6H3,(H,29,35). The molecular formula is C28H34N6O3. The Hall–Kier alpha value is -3.72. The Bertz CT molecular complexity index is 1500. The zero-order valence-electron chi connectivity index (χ0n) is 22.3. The second-order valence-electron chi connectivity index (χ2n) is 10.8. The molecule has 9 heteroatoms. The summed E-state index contributed by atoms with van der Waals surface area (Å²) in [6.45, 7) is 13.8. The monoisotopic (exact) mass is 502 g/mol. The first-order valence-electron chi connectivity index (χ1n) is 12.7. The topological polar surface area (TPSA) is 98.2 Å². The van der Waals surface area contributed by atoms with Crippen LogP contribution in [0, 0.1) is 13.8 Å². The minimum atomic E-state index is -0.285. The number of ether oxygens (including phenoxy) is 2. The van der Waals surface area contributed by atoms with E-state index in [0.717, 1.165) is 45.8 Å². The molecule has 5 rings (SSSR count). The maximum absolute atomic E-state index is 13.2. The summed E-state index contributed by atoms with van der Waals surface area (Å²) >= 11 is 0. The summed E-state index contributed by atoms with van der Waals surface area (Å²) < 4.78 is 13.0. The molecule has 1 aliphatic heterocycles. The van der Waals surface area contributed by atoms with E-state index in [9.17, 15) is 4.79 Å². The van der Waals surface area contributed by atoms with E-state index in [1.165, 1.54) is 5.56 Å². The van der Waals surface area contributed by atoms with Gasteiger partial charge in [-0.3, -0.25) is 9.69 Å². The lowest BCUT2D eigenvalue weighted by atomic mass is 10.0. The summed E-state index contributed by atoms with van der Waals surface area (Å²) in [5, 5.41) is 13.8. The first kappa shape index (κ1) is 25.0. The van der Waals surface area contributed by atoms with Gasteiger partial charge in [0.15, 0.2) is 17.3 Å². The van der Waals surface area contributed by atoms with Gasteiger partial charge in [-0.15, -0.1) is 5.10 Å². The summed E-state index contributed by atoms with van der Waals surface area (Å²) in [6, 6.07) is 12.0. The van der Waals surface area contributed by atoms with Crippen LogP contribution in [0.15, 0.2) is 41.2 Å². The molecule has 0 fully saturated rings. The number of nitrogens with one attached hydrogen (secondary N) is 1. The normalized spacial score (nSPS) is 14.0. The highest BCUT2D eigenvalue weighted by Crippen LogP contribution is 2.35. The van der Waals surface area contributed by atoms with Crippen LogP contribution in [0.3, 0.4) is 0 Å². The van der Waals surface area contributed by atoms with Crippen molar-refractivity contribution in [2.24, 2.45) is 0 Å². The van der Waals surface area contributed by atoms with E-state index in [0.29, 0.717) is 18.7 Å². The molecule has 1 N–H and O–H groups in total. The van der Waals surface area contributed by atoms with Crippen molar-refractivity contribution in [3.63, 3.8) is 0 Å². The lowest BCUT2D eigenvalue weighted by molar-refractivity contribution is 0.153. The van der Waals surface area contributed by atoms with Gasteiger partial charge in [0.2, 0.25) is 6.79 Å². The highest BCUT2D eigenvalue weighted by atomic mass is 16.7. The molecule has 0 radical (unpaired) electrons. The molecule has 0 saturated heterocycles. The van der Waals surface area contributed by atoms with Gasteiger partial charge in [0.05, 0.1) is 11.6 Å². The Balaban J connectivity index is 1.57. The van der Waals surface area contributed by atoms with Gasteiger partial charge in [-0.1, -0.05) is 13.0 Å². The average molecular weight is 503 g/mol. The van der Waals surface area contributed by atoms with Crippen molar-refractivity contribution in [2.75, 3.05) is 6.79 Å². The van der Waals surface area contributed by atoms with Crippen molar-refractivity contribution in [3.8, 4) is 11.5 Å². The number of H-pyrrole nitrogens is 1. The fourth-order valence-electron chi connectivity index (χ4n) is 4.89. The molecule has 2 aromatic heterocycles. The zero-order valence-corrected chi connectivity index (χ0v) is 22.3. The molecule has 194 valence electrons. The molecule has 0 spiro atoms. The van der Waals surface area contributed by atoms with Crippen molar-refractivity contribution < 1.29 is 9.47 Å². The summed E-state index contributed by atoms with van der Waals surface area (Å²) in [4.78, 5) is 18.6. The molecule has 2 aromatic carbocycles. The number of nitrogens with zero attached hydrogens (tertiary/aromatic N) is 5. The van der Waals surface area contributed by atoms with Gasteiger partial charge in [0.25, 0.3) is 5.56 Å². The smallest absolute Gasteiger partial charge is 0.252 e. The lowest BCUT2D eigenvalue weighted by Gasteiger charge is -2.32. The number of rotatable bonds is 7. The number of hydrogen-bond donors (Lipinski definition) is 1. The number of fused-ring (bicyclic) bond motifs is 2. The number of aryl methyl sites for hydroxylation is 2. The molecule has 1 atom stereocenters. The fraction of sp³-hybridized carbons (Fsp3) is 0.429. The van der Waals surface area contributed by atoms with Crippen LogP contribution in [0.4, 0.5) is 0 Å². The fourth-order valence-corrected chi connectivity index (χ4v) is 4.89. The highest BCUT2D eigenvalue weighted by Gasteiger charge is 2.30. The van der Waals surface area contributed by atoms with Crippen LogP contribution >= 0.6 is 0 Å². The molecule has 3 heterocycles. The van der Waals surface area contributed by atoms with Crippen molar-refractivity contribution >= 4 is 10.9 Å². The van der Waals surface area contributed by atoms with Crippen LogP contribution in [0.5, 0.6) is 11.5 Å². The third kappa shape index (κ3) is 4.96. The molecule has 9 nitrogen and oxygen atoms in total. The van der Waals surface area contributed by atoms with Gasteiger partial charge in [-0.05, 0) is 104 Å². The minimum absolute atomic E-state index is 0.0864. The van der Waals surface area contributed by atoms with Crippen molar-refractivity contribution in [2.45, 2.75) is 72.6 Å². The molecule has 4 aromatic rings. The molecule has 0 aliphatic carbocycles. The largest absolute Gasteiger partial charge is 0.454 e. The maximum Gasteiger partial charge on any atom is 0.252 e. The van der Waals surface area contributed by atoms with Gasteiger partial charge in [0.1, 0.15) is 0 Å². The first-order valence-corrected chi connectivity index (χ1v) is 12.7. The van der Waals surface area contributed by atoms with Crippen molar-refractivity contribution in [3.05, 3.63) is 74.8 Å². The van der Waals surface area contributed by atoms with Crippen LogP contribution in [0.25, 0.3) is 10.9 Å². The number of aromatic amines is 1. The van der Waals surface area contributed by atoms with Crippen LogP contribution in [-0.4, -0.2) is 36.9 Å². The quantitative estimate of drug-likeness (QED) is 0.389. The van der Waals surface area contributed by atoms with E-state index < -0.39 is 0 Å². The Labute approximate surface area is 216 Å². The molecule has 0 amide bonds. The Morgan fingerprint density at radius 2 is 1.81 bits per heavy atom. The Morgan fingerprint density at radius 3 is 2.57 bits per heavy atom. The number of hydrogen-bond acceptors (Lipinski definition) is 7. The third-order valence-corrected chi connectivity index (χ3v) is 6.99. The maximum atomic E-state index is 13.2. The minimum Gasteiger partial charge on any atom is -0.454 e. The second kappa shape index (κ2) is 9.63. The Morgan fingerprint density at radius 1 is 1.05 bits per heavy atom. The van der Waals surface area contributed by atoms with Gasteiger partial charge >= 0.3 is 0 Å².